The van der Waals surface area contributed by atoms with Crippen LogP contribution in [0.2, 0.25) is 0 Å². The molecule has 1 aromatic rings. The van der Waals surface area contributed by atoms with Crippen molar-refractivity contribution in [2.45, 2.75) is 40.0 Å². The standard InChI is InChI=1S/C22H31NO4S/c1-18(2)6-5-7-19(3)13-16-27-21-10-8-20(9-11-21)12-15-23-22(24)14-17-28(4,25)26/h6,8-11,13-14,17H,5,7,12,15-16H2,1-4H3,(H,23,24). The molecular weight excluding hydrogens is 374 g/mol. The molecule has 1 amide bonds. The van der Waals surface area contributed by atoms with Crippen LogP contribution in [0.3, 0.4) is 0 Å². The number of nitrogens with one attached hydrogen (secondary N) is 1. The van der Waals surface area contributed by atoms with Crippen molar-refractivity contribution in [1.29, 1.82) is 0 Å². The third-order valence-electron chi connectivity index (χ3n) is 3.88. The highest BCUT2D eigenvalue weighted by atomic mass is 32.2. The maximum Gasteiger partial charge on any atom is 0.244 e. The summed E-state index contributed by atoms with van der Waals surface area (Å²) in [7, 11) is -3.28. The fourth-order valence-electron chi connectivity index (χ4n) is 2.30. The molecule has 0 spiro atoms. The van der Waals surface area contributed by atoms with Crippen LogP contribution in [-0.4, -0.2) is 33.7 Å². The van der Waals surface area contributed by atoms with Crippen LogP contribution in [0.4, 0.5) is 0 Å². The van der Waals surface area contributed by atoms with E-state index in [1.54, 1.807) is 0 Å². The molecule has 0 saturated heterocycles. The normalized spacial score (nSPS) is 12.1. The van der Waals surface area contributed by atoms with Crippen molar-refractivity contribution >= 4 is 15.7 Å². The highest BCUT2D eigenvalue weighted by Gasteiger charge is 2.00. The van der Waals surface area contributed by atoms with E-state index in [9.17, 15) is 13.2 Å². The molecule has 1 rings (SSSR count). The Balaban J connectivity index is 2.34. The highest BCUT2D eigenvalue weighted by Crippen LogP contribution is 2.13. The van der Waals surface area contributed by atoms with Gasteiger partial charge in [-0.3, -0.25) is 4.79 Å². The Labute approximate surface area is 169 Å². The van der Waals surface area contributed by atoms with Crippen molar-refractivity contribution in [3.05, 3.63) is 64.6 Å². The van der Waals surface area contributed by atoms with Crippen LogP contribution in [0.25, 0.3) is 0 Å². The van der Waals surface area contributed by atoms with Gasteiger partial charge >= 0.3 is 0 Å². The van der Waals surface area contributed by atoms with Gasteiger partial charge in [0.2, 0.25) is 5.91 Å². The summed E-state index contributed by atoms with van der Waals surface area (Å²) in [5.41, 5.74) is 3.72. The lowest BCUT2D eigenvalue weighted by molar-refractivity contribution is -0.116. The lowest BCUT2D eigenvalue weighted by Gasteiger charge is -2.07. The monoisotopic (exact) mass is 405 g/mol. The quantitative estimate of drug-likeness (QED) is 0.446. The van der Waals surface area contributed by atoms with Gasteiger partial charge in [0.05, 0.1) is 0 Å². The molecule has 0 unspecified atom stereocenters. The summed E-state index contributed by atoms with van der Waals surface area (Å²) in [6.07, 6.45) is 9.16. The molecule has 0 aliphatic carbocycles. The Bertz CT molecular complexity index is 815. The van der Waals surface area contributed by atoms with Crippen LogP contribution in [0.5, 0.6) is 5.75 Å². The summed E-state index contributed by atoms with van der Waals surface area (Å²) in [5.74, 6) is 0.384. The number of carbonyl (C=O) groups is 1. The fraction of sp³-hybridized carbons (Fsp3) is 0.409. The van der Waals surface area contributed by atoms with Gasteiger partial charge in [0.1, 0.15) is 12.4 Å². The SMILES string of the molecule is CC(C)=CCCC(C)=CCOc1ccc(CCNC(=O)C=CS(C)(=O)=O)cc1. The zero-order chi connectivity index (χ0) is 21.0. The van der Waals surface area contributed by atoms with E-state index in [1.807, 2.05) is 24.3 Å². The Kier molecular flexibility index (Phi) is 10.3. The number of hydrogen-bond acceptors (Lipinski definition) is 4. The average molecular weight is 406 g/mol. The molecule has 0 aromatic heterocycles. The maximum absolute atomic E-state index is 11.5. The van der Waals surface area contributed by atoms with E-state index in [-0.39, 0.29) is 0 Å². The minimum absolute atomic E-state index is 0.419. The van der Waals surface area contributed by atoms with Crippen LogP contribution in [-0.2, 0) is 21.1 Å². The summed E-state index contributed by atoms with van der Waals surface area (Å²) in [4.78, 5) is 11.5. The molecule has 154 valence electrons. The lowest BCUT2D eigenvalue weighted by Crippen LogP contribution is -2.23. The van der Waals surface area contributed by atoms with Gasteiger partial charge in [0, 0.05) is 24.3 Å². The van der Waals surface area contributed by atoms with Crippen LogP contribution < -0.4 is 10.1 Å². The van der Waals surface area contributed by atoms with E-state index in [1.165, 1.54) is 11.1 Å². The molecule has 0 radical (unpaired) electrons. The zero-order valence-corrected chi connectivity index (χ0v) is 18.0. The molecule has 0 atom stereocenters. The highest BCUT2D eigenvalue weighted by molar-refractivity contribution is 7.93. The van der Waals surface area contributed by atoms with Crippen molar-refractivity contribution in [2.75, 3.05) is 19.4 Å². The molecule has 0 saturated carbocycles. The third-order valence-corrected chi connectivity index (χ3v) is 4.51. The fourth-order valence-corrected chi connectivity index (χ4v) is 2.67. The maximum atomic E-state index is 11.5. The number of benzene rings is 1. The van der Waals surface area contributed by atoms with Crippen LogP contribution in [0.15, 0.2) is 59.0 Å². The van der Waals surface area contributed by atoms with Crippen molar-refractivity contribution in [2.24, 2.45) is 0 Å². The first-order valence-corrected chi connectivity index (χ1v) is 11.3. The van der Waals surface area contributed by atoms with Gasteiger partial charge in [0.25, 0.3) is 0 Å². The van der Waals surface area contributed by atoms with Gasteiger partial charge in [-0.25, -0.2) is 8.42 Å². The molecule has 0 bridgehead atoms. The number of ether oxygens (including phenoxy) is 1. The molecule has 28 heavy (non-hydrogen) atoms. The van der Waals surface area contributed by atoms with Crippen molar-refractivity contribution in [3.8, 4) is 5.75 Å². The predicted octanol–water partition coefficient (Wildman–Crippen LogP) is 3.98. The molecule has 5 nitrogen and oxygen atoms in total. The predicted molar refractivity (Wildman–Crippen MR) is 115 cm³/mol. The van der Waals surface area contributed by atoms with Crippen LogP contribution >= 0.6 is 0 Å². The molecule has 0 heterocycles. The summed E-state index contributed by atoms with van der Waals surface area (Å²) in [5, 5.41) is 3.55. The van der Waals surface area contributed by atoms with Gasteiger partial charge in [-0.2, -0.15) is 0 Å². The Hall–Kier alpha value is -2.34. The van der Waals surface area contributed by atoms with Crippen molar-refractivity contribution < 1.29 is 17.9 Å². The Morgan fingerprint density at radius 1 is 1.11 bits per heavy atom. The van der Waals surface area contributed by atoms with E-state index in [0.29, 0.717) is 19.6 Å². The van der Waals surface area contributed by atoms with Crippen molar-refractivity contribution in [3.63, 3.8) is 0 Å². The van der Waals surface area contributed by atoms with Gasteiger partial charge in [-0.1, -0.05) is 29.4 Å². The molecule has 1 N–H and O–H groups in total. The van der Waals surface area contributed by atoms with Gasteiger partial charge < -0.3 is 10.1 Å². The summed E-state index contributed by atoms with van der Waals surface area (Å²) in [6, 6.07) is 7.73. The topological polar surface area (TPSA) is 72.5 Å². The largest absolute Gasteiger partial charge is 0.490 e. The van der Waals surface area contributed by atoms with Crippen molar-refractivity contribution in [1.82, 2.24) is 5.32 Å². The number of hydrogen-bond donors (Lipinski definition) is 1. The molecule has 1 aromatic carbocycles. The molecule has 0 aliphatic heterocycles. The summed E-state index contributed by atoms with van der Waals surface area (Å²) >= 11 is 0. The summed E-state index contributed by atoms with van der Waals surface area (Å²) in [6.45, 7) is 7.31. The molecule has 6 heteroatoms. The zero-order valence-electron chi connectivity index (χ0n) is 17.2. The van der Waals surface area contributed by atoms with Gasteiger partial charge in [-0.15, -0.1) is 0 Å². The van der Waals surface area contributed by atoms with E-state index < -0.39 is 15.7 Å². The first kappa shape index (κ1) is 23.7. The summed E-state index contributed by atoms with van der Waals surface area (Å²) < 4.78 is 27.7. The second-order valence-corrected chi connectivity index (χ2v) is 8.93. The number of sulfone groups is 1. The molecular formula is C22H31NO4S. The molecule has 0 aliphatic rings. The number of amides is 1. The second kappa shape index (κ2) is 12.2. The van der Waals surface area contributed by atoms with E-state index >= 15 is 0 Å². The van der Waals surface area contributed by atoms with Gasteiger partial charge in [0.15, 0.2) is 9.84 Å². The Morgan fingerprint density at radius 2 is 1.79 bits per heavy atom. The van der Waals surface area contributed by atoms with Crippen LogP contribution in [0.1, 0.15) is 39.2 Å². The van der Waals surface area contributed by atoms with E-state index in [0.717, 1.165) is 41.9 Å². The van der Waals surface area contributed by atoms with Crippen LogP contribution in [0, 0.1) is 0 Å². The number of carbonyl (C=O) groups excluding carboxylic acids is 1. The number of rotatable bonds is 11. The second-order valence-electron chi connectivity index (χ2n) is 7.00. The molecule has 0 fully saturated rings. The third kappa shape index (κ3) is 12.1. The number of allylic oxidation sites excluding steroid dienone is 3. The minimum atomic E-state index is -3.28. The Morgan fingerprint density at radius 3 is 2.39 bits per heavy atom. The average Bonchev–Trinajstić information content (AvgIpc) is 2.60. The first-order chi connectivity index (χ1) is 13.2. The smallest absolute Gasteiger partial charge is 0.244 e. The van der Waals surface area contributed by atoms with Gasteiger partial charge in [-0.05, 0) is 63.8 Å². The van der Waals surface area contributed by atoms with E-state index in [2.05, 4.69) is 38.2 Å². The first-order valence-electron chi connectivity index (χ1n) is 9.32. The van der Waals surface area contributed by atoms with E-state index in [4.69, 9.17) is 4.74 Å². The lowest BCUT2D eigenvalue weighted by atomic mass is 10.1. The minimum Gasteiger partial charge on any atom is -0.490 e.